The normalized spacial score (nSPS) is 16.0. The van der Waals surface area contributed by atoms with Crippen LogP contribution in [0.5, 0.6) is 0 Å². The Kier molecular flexibility index (Phi) is 4.77. The average molecular weight is 408 g/mol. The second kappa shape index (κ2) is 7.14. The SMILES string of the molecule is Cc1nn(CN2CCN(c3ccc(C(F)(F)F)cn3)CC2)c(=O)c2noc(C)c12. The number of pyridine rings is 1. The summed E-state index contributed by atoms with van der Waals surface area (Å²) in [4.78, 5) is 20.5. The predicted molar refractivity (Wildman–Crippen MR) is 98.6 cm³/mol. The summed E-state index contributed by atoms with van der Waals surface area (Å²) in [7, 11) is 0. The molecule has 4 rings (SSSR count). The van der Waals surface area contributed by atoms with E-state index >= 15 is 0 Å². The van der Waals surface area contributed by atoms with Crippen LogP contribution in [0.25, 0.3) is 10.9 Å². The summed E-state index contributed by atoms with van der Waals surface area (Å²) in [5, 5.41) is 8.86. The molecule has 0 unspecified atom stereocenters. The number of aryl methyl sites for hydroxylation is 2. The molecule has 4 heterocycles. The van der Waals surface area contributed by atoms with Crippen LogP contribution < -0.4 is 10.5 Å². The van der Waals surface area contributed by atoms with Crippen molar-refractivity contribution in [1.29, 1.82) is 0 Å². The average Bonchev–Trinajstić information content (AvgIpc) is 3.08. The molecule has 154 valence electrons. The van der Waals surface area contributed by atoms with Gasteiger partial charge in [-0.3, -0.25) is 9.69 Å². The van der Waals surface area contributed by atoms with Gasteiger partial charge < -0.3 is 9.42 Å². The molecule has 0 aliphatic carbocycles. The number of nitrogens with zero attached hydrogens (tertiary/aromatic N) is 6. The van der Waals surface area contributed by atoms with E-state index < -0.39 is 11.7 Å². The van der Waals surface area contributed by atoms with Crippen molar-refractivity contribution in [2.75, 3.05) is 31.1 Å². The summed E-state index contributed by atoms with van der Waals surface area (Å²) < 4.78 is 44.5. The fourth-order valence-corrected chi connectivity index (χ4v) is 3.49. The zero-order valence-corrected chi connectivity index (χ0v) is 15.9. The van der Waals surface area contributed by atoms with Crippen LogP contribution in [0.1, 0.15) is 17.0 Å². The third kappa shape index (κ3) is 3.69. The lowest BCUT2D eigenvalue weighted by Crippen LogP contribution is -2.48. The molecule has 3 aromatic rings. The third-order valence-electron chi connectivity index (χ3n) is 5.04. The minimum absolute atomic E-state index is 0.266. The van der Waals surface area contributed by atoms with E-state index in [-0.39, 0.29) is 11.1 Å². The molecule has 0 N–H and O–H groups in total. The Morgan fingerprint density at radius 1 is 1.14 bits per heavy atom. The van der Waals surface area contributed by atoms with Crippen molar-refractivity contribution >= 4 is 16.7 Å². The summed E-state index contributed by atoms with van der Waals surface area (Å²) in [6.45, 7) is 6.24. The Morgan fingerprint density at radius 3 is 2.48 bits per heavy atom. The highest BCUT2D eigenvalue weighted by Gasteiger charge is 2.31. The van der Waals surface area contributed by atoms with E-state index in [1.54, 1.807) is 13.8 Å². The van der Waals surface area contributed by atoms with Crippen LogP contribution in [-0.2, 0) is 12.8 Å². The van der Waals surface area contributed by atoms with Crippen LogP contribution in [0, 0.1) is 13.8 Å². The molecule has 0 atom stereocenters. The fourth-order valence-electron chi connectivity index (χ4n) is 3.49. The van der Waals surface area contributed by atoms with Crippen molar-refractivity contribution in [3.63, 3.8) is 0 Å². The number of hydrogen-bond acceptors (Lipinski definition) is 7. The number of halogens is 3. The molecular weight excluding hydrogens is 389 g/mol. The molecule has 1 aliphatic rings. The first-order valence-corrected chi connectivity index (χ1v) is 9.08. The van der Waals surface area contributed by atoms with Gasteiger partial charge in [-0.05, 0) is 26.0 Å². The van der Waals surface area contributed by atoms with Crippen molar-refractivity contribution in [3.8, 4) is 0 Å². The van der Waals surface area contributed by atoms with Gasteiger partial charge in [0.1, 0.15) is 11.6 Å². The van der Waals surface area contributed by atoms with E-state index in [4.69, 9.17) is 4.52 Å². The van der Waals surface area contributed by atoms with E-state index in [0.717, 1.165) is 12.3 Å². The number of aromatic nitrogens is 4. The number of hydrogen-bond donors (Lipinski definition) is 0. The summed E-state index contributed by atoms with van der Waals surface area (Å²) in [5.74, 6) is 1.06. The number of alkyl halides is 3. The molecule has 29 heavy (non-hydrogen) atoms. The molecule has 0 aromatic carbocycles. The Labute approximate surface area is 163 Å². The van der Waals surface area contributed by atoms with Crippen molar-refractivity contribution in [3.05, 3.63) is 45.7 Å². The maximum atomic E-state index is 12.7. The van der Waals surface area contributed by atoms with Gasteiger partial charge in [0.25, 0.3) is 5.56 Å². The molecule has 1 saturated heterocycles. The van der Waals surface area contributed by atoms with Gasteiger partial charge in [-0.25, -0.2) is 9.67 Å². The van der Waals surface area contributed by atoms with Crippen LogP contribution in [0.4, 0.5) is 19.0 Å². The first-order chi connectivity index (χ1) is 13.7. The molecule has 0 amide bonds. The maximum Gasteiger partial charge on any atom is 0.417 e. The Balaban J connectivity index is 1.44. The van der Waals surface area contributed by atoms with Gasteiger partial charge >= 0.3 is 6.18 Å². The molecule has 3 aromatic heterocycles. The largest absolute Gasteiger partial charge is 0.417 e. The Hall–Kier alpha value is -2.95. The molecule has 1 fully saturated rings. The van der Waals surface area contributed by atoms with Crippen LogP contribution in [0.3, 0.4) is 0 Å². The number of anilines is 1. The zero-order chi connectivity index (χ0) is 20.8. The fraction of sp³-hybridized carbons (Fsp3) is 0.444. The molecule has 0 bridgehead atoms. The zero-order valence-electron chi connectivity index (χ0n) is 15.9. The summed E-state index contributed by atoms with van der Waals surface area (Å²) in [5.41, 5.74) is -0.137. The van der Waals surface area contributed by atoms with Crippen LogP contribution >= 0.6 is 0 Å². The molecule has 8 nitrogen and oxygen atoms in total. The monoisotopic (exact) mass is 408 g/mol. The Bertz CT molecular complexity index is 1080. The molecule has 0 saturated carbocycles. The molecular formula is C18H19F3N6O2. The summed E-state index contributed by atoms with van der Waals surface area (Å²) >= 11 is 0. The molecule has 1 aliphatic heterocycles. The van der Waals surface area contributed by atoms with E-state index in [0.29, 0.717) is 55.5 Å². The maximum absolute atomic E-state index is 12.7. The van der Waals surface area contributed by atoms with Crippen molar-refractivity contribution in [2.45, 2.75) is 26.7 Å². The van der Waals surface area contributed by atoms with Gasteiger partial charge in [0.15, 0.2) is 5.52 Å². The second-order valence-corrected chi connectivity index (χ2v) is 7.00. The topological polar surface area (TPSA) is 80.3 Å². The predicted octanol–water partition coefficient (Wildman–Crippen LogP) is 2.19. The highest BCUT2D eigenvalue weighted by atomic mass is 19.4. The third-order valence-corrected chi connectivity index (χ3v) is 5.04. The lowest BCUT2D eigenvalue weighted by atomic mass is 10.2. The molecule has 11 heteroatoms. The minimum atomic E-state index is -4.40. The van der Waals surface area contributed by atoms with Crippen molar-refractivity contribution in [2.24, 2.45) is 0 Å². The number of rotatable bonds is 3. The Morgan fingerprint density at radius 2 is 1.86 bits per heavy atom. The van der Waals surface area contributed by atoms with E-state index in [2.05, 4.69) is 15.2 Å². The van der Waals surface area contributed by atoms with Gasteiger partial charge in [-0.1, -0.05) is 5.16 Å². The van der Waals surface area contributed by atoms with Crippen molar-refractivity contribution in [1.82, 2.24) is 24.8 Å². The van der Waals surface area contributed by atoms with Crippen molar-refractivity contribution < 1.29 is 17.7 Å². The van der Waals surface area contributed by atoms with E-state index in [9.17, 15) is 18.0 Å². The first-order valence-electron chi connectivity index (χ1n) is 9.08. The lowest BCUT2D eigenvalue weighted by Gasteiger charge is -2.35. The van der Waals surface area contributed by atoms with Crippen LogP contribution in [-0.4, -0.2) is 51.0 Å². The van der Waals surface area contributed by atoms with Gasteiger partial charge in [0.05, 0.1) is 23.3 Å². The smallest absolute Gasteiger partial charge is 0.360 e. The number of piperazine rings is 1. The highest BCUT2D eigenvalue weighted by molar-refractivity contribution is 5.81. The second-order valence-electron chi connectivity index (χ2n) is 7.00. The molecule has 0 spiro atoms. The van der Waals surface area contributed by atoms with E-state index in [1.807, 2.05) is 9.80 Å². The van der Waals surface area contributed by atoms with Crippen LogP contribution in [0.15, 0.2) is 27.6 Å². The highest BCUT2D eigenvalue weighted by Crippen LogP contribution is 2.29. The quantitative estimate of drug-likeness (QED) is 0.657. The standard InChI is InChI=1S/C18H19F3N6O2/c1-11-15-12(2)29-24-16(15)17(28)27(23-11)10-25-5-7-26(8-6-25)14-4-3-13(9-22-14)18(19,20)21/h3-4,9H,5-8,10H2,1-2H3. The first kappa shape index (κ1) is 19.4. The minimum Gasteiger partial charge on any atom is -0.360 e. The summed E-state index contributed by atoms with van der Waals surface area (Å²) in [6.07, 6.45) is -3.55. The van der Waals surface area contributed by atoms with Gasteiger partial charge in [0.2, 0.25) is 0 Å². The molecule has 0 radical (unpaired) electrons. The number of fused-ring (bicyclic) bond motifs is 1. The lowest BCUT2D eigenvalue weighted by molar-refractivity contribution is -0.137. The van der Waals surface area contributed by atoms with E-state index in [1.165, 1.54) is 10.7 Å². The summed E-state index contributed by atoms with van der Waals surface area (Å²) in [6, 6.07) is 2.42. The van der Waals surface area contributed by atoms with Gasteiger partial charge in [-0.15, -0.1) is 0 Å². The van der Waals surface area contributed by atoms with Crippen LogP contribution in [0.2, 0.25) is 0 Å². The van der Waals surface area contributed by atoms with Gasteiger partial charge in [0, 0.05) is 32.4 Å². The van der Waals surface area contributed by atoms with Gasteiger partial charge in [-0.2, -0.15) is 18.3 Å².